The topological polar surface area (TPSA) is 97.1 Å². The lowest BCUT2D eigenvalue weighted by Crippen LogP contribution is -2.47. The number of hydrogen-bond acceptors (Lipinski definition) is 7. The van der Waals surface area contributed by atoms with E-state index in [1.807, 2.05) is 6.08 Å². The van der Waals surface area contributed by atoms with E-state index in [-0.39, 0.29) is 10.8 Å². The minimum absolute atomic E-state index is 0.290. The van der Waals surface area contributed by atoms with Gasteiger partial charge in [-0.25, -0.2) is 0 Å². The second kappa shape index (κ2) is 5.85. The summed E-state index contributed by atoms with van der Waals surface area (Å²) in [6.07, 6.45) is 1.96. The minimum atomic E-state index is -0.840. The lowest BCUT2D eigenvalue weighted by molar-refractivity contribution is -0.535. The zero-order valence-corrected chi connectivity index (χ0v) is 13.3. The Hall–Kier alpha value is -1.51. The van der Waals surface area contributed by atoms with Crippen molar-refractivity contribution in [2.75, 3.05) is 0 Å². The van der Waals surface area contributed by atoms with Crippen molar-refractivity contribution in [2.45, 2.75) is 70.0 Å². The van der Waals surface area contributed by atoms with Gasteiger partial charge in [-0.1, -0.05) is 12.2 Å². The van der Waals surface area contributed by atoms with Crippen molar-refractivity contribution in [1.82, 2.24) is 0 Å². The number of rotatable bonds is 3. The maximum atomic E-state index is 11.5. The lowest BCUT2D eigenvalue weighted by atomic mass is 9.82. The highest BCUT2D eigenvalue weighted by Crippen LogP contribution is 2.43. The fourth-order valence-corrected chi connectivity index (χ4v) is 3.59. The zero-order chi connectivity index (χ0) is 16.8. The molecule has 2 unspecified atom stereocenters. The maximum Gasteiger partial charge on any atom is 0.303 e. The zero-order valence-electron chi connectivity index (χ0n) is 13.3. The fourth-order valence-electron chi connectivity index (χ4n) is 3.59. The van der Waals surface area contributed by atoms with Crippen LogP contribution in [-0.4, -0.2) is 47.3 Å². The van der Waals surface area contributed by atoms with Crippen LogP contribution in [0.3, 0.4) is 0 Å². The van der Waals surface area contributed by atoms with Gasteiger partial charge >= 0.3 is 5.97 Å². The van der Waals surface area contributed by atoms with Gasteiger partial charge in [0.15, 0.2) is 24.3 Å². The summed E-state index contributed by atoms with van der Waals surface area (Å²) in [5, 5.41) is 11.3. The van der Waals surface area contributed by atoms with Crippen molar-refractivity contribution in [3.8, 4) is 0 Å². The van der Waals surface area contributed by atoms with Gasteiger partial charge in [0.2, 0.25) is 6.04 Å². The van der Waals surface area contributed by atoms with Crippen molar-refractivity contribution in [1.29, 1.82) is 0 Å². The summed E-state index contributed by atoms with van der Waals surface area (Å²) in [5.41, 5.74) is 0. The van der Waals surface area contributed by atoms with Crippen molar-refractivity contribution in [3.63, 3.8) is 0 Å². The van der Waals surface area contributed by atoms with Gasteiger partial charge in [0, 0.05) is 18.3 Å². The van der Waals surface area contributed by atoms with Crippen LogP contribution < -0.4 is 0 Å². The summed E-state index contributed by atoms with van der Waals surface area (Å²) in [6.45, 7) is 4.80. The average molecular weight is 327 g/mol. The standard InChI is InChI=1S/C15H21NO7/c1-8(17)20-12-11(9-6-4-5-7-10(9)16(18)19)21-14-13(12)22-15(2,3)23-14/h4-5,9-14H,6-7H2,1-3H3/t9?,10?,11-,12+,13-,14-/m1/s1. The highest BCUT2D eigenvalue weighted by molar-refractivity contribution is 5.66. The number of fused-ring (bicyclic) bond motifs is 1. The Morgan fingerprint density at radius 1 is 1.26 bits per heavy atom. The van der Waals surface area contributed by atoms with Gasteiger partial charge in [0.25, 0.3) is 0 Å². The van der Waals surface area contributed by atoms with E-state index in [0.717, 1.165) is 0 Å². The first kappa shape index (κ1) is 16.4. The largest absolute Gasteiger partial charge is 0.457 e. The molecule has 0 saturated carbocycles. The number of ether oxygens (including phenoxy) is 4. The van der Waals surface area contributed by atoms with E-state index >= 15 is 0 Å². The molecule has 0 aromatic heterocycles. The van der Waals surface area contributed by atoms with Gasteiger partial charge in [-0.15, -0.1) is 0 Å². The Kier molecular flexibility index (Phi) is 4.16. The van der Waals surface area contributed by atoms with Crippen molar-refractivity contribution < 1.29 is 28.7 Å². The normalized spacial score (nSPS) is 41.5. The molecule has 1 aliphatic carbocycles. The summed E-state index contributed by atoms with van der Waals surface area (Å²) in [7, 11) is 0. The van der Waals surface area contributed by atoms with Gasteiger partial charge in [0.1, 0.15) is 6.10 Å². The molecule has 0 aromatic carbocycles. The summed E-state index contributed by atoms with van der Waals surface area (Å²) >= 11 is 0. The first-order valence-corrected chi connectivity index (χ1v) is 7.75. The second-order valence-electron chi connectivity index (χ2n) is 6.60. The molecule has 0 N–H and O–H groups in total. The number of esters is 1. The number of nitro groups is 1. The molecule has 2 fully saturated rings. The van der Waals surface area contributed by atoms with E-state index in [1.54, 1.807) is 19.9 Å². The molecule has 3 rings (SSSR count). The molecule has 0 aromatic rings. The smallest absolute Gasteiger partial charge is 0.303 e. The Balaban J connectivity index is 1.84. The molecule has 0 bridgehead atoms. The van der Waals surface area contributed by atoms with Crippen molar-refractivity contribution >= 4 is 5.97 Å². The molecule has 8 heteroatoms. The molecule has 23 heavy (non-hydrogen) atoms. The van der Waals surface area contributed by atoms with Crippen LogP contribution in [0.25, 0.3) is 0 Å². The molecule has 0 spiro atoms. The first-order chi connectivity index (χ1) is 10.8. The van der Waals surface area contributed by atoms with E-state index in [0.29, 0.717) is 12.8 Å². The SMILES string of the molecule is CC(=O)O[C@@H]1[C@H]2OC(C)(C)O[C@H]2O[C@@H]1C1CC=CCC1[N+](=O)[O-]. The van der Waals surface area contributed by atoms with E-state index in [4.69, 9.17) is 18.9 Å². The molecule has 0 amide bonds. The van der Waals surface area contributed by atoms with Crippen LogP contribution in [0.4, 0.5) is 0 Å². The summed E-state index contributed by atoms with van der Waals surface area (Å²) in [6, 6.07) is -0.769. The maximum absolute atomic E-state index is 11.5. The first-order valence-electron chi connectivity index (χ1n) is 7.75. The van der Waals surface area contributed by atoms with E-state index in [1.165, 1.54) is 6.92 Å². The van der Waals surface area contributed by atoms with E-state index < -0.39 is 42.4 Å². The van der Waals surface area contributed by atoms with Crippen LogP contribution in [0.2, 0.25) is 0 Å². The van der Waals surface area contributed by atoms with Gasteiger partial charge < -0.3 is 18.9 Å². The summed E-state index contributed by atoms with van der Waals surface area (Å²) < 4.78 is 22.8. The molecule has 8 nitrogen and oxygen atoms in total. The molecule has 128 valence electrons. The Morgan fingerprint density at radius 2 is 1.96 bits per heavy atom. The van der Waals surface area contributed by atoms with E-state index in [2.05, 4.69) is 0 Å². The molecular formula is C15H21NO7. The van der Waals surface area contributed by atoms with Gasteiger partial charge in [-0.3, -0.25) is 14.9 Å². The third-order valence-electron chi connectivity index (χ3n) is 4.47. The Labute approximate surface area is 133 Å². The number of carbonyl (C=O) groups is 1. The minimum Gasteiger partial charge on any atom is -0.457 e. The van der Waals surface area contributed by atoms with Crippen molar-refractivity contribution in [3.05, 3.63) is 22.3 Å². The highest BCUT2D eigenvalue weighted by Gasteiger charge is 2.60. The highest BCUT2D eigenvalue weighted by atomic mass is 16.8. The van der Waals surface area contributed by atoms with E-state index in [9.17, 15) is 14.9 Å². The van der Waals surface area contributed by atoms with Crippen LogP contribution in [0.15, 0.2) is 12.2 Å². The lowest BCUT2D eigenvalue weighted by Gasteiger charge is -2.32. The monoisotopic (exact) mass is 327 g/mol. The summed E-state index contributed by atoms with van der Waals surface area (Å²) in [4.78, 5) is 22.5. The molecule has 0 radical (unpaired) electrons. The molecule has 2 heterocycles. The van der Waals surface area contributed by atoms with Crippen LogP contribution in [0.1, 0.15) is 33.6 Å². The molecular weight excluding hydrogens is 306 g/mol. The summed E-state index contributed by atoms with van der Waals surface area (Å²) in [5.74, 6) is -1.70. The number of allylic oxidation sites excluding steroid dienone is 1. The third-order valence-corrected chi connectivity index (χ3v) is 4.47. The van der Waals surface area contributed by atoms with Crippen molar-refractivity contribution in [2.24, 2.45) is 5.92 Å². The van der Waals surface area contributed by atoms with Gasteiger partial charge in [-0.05, 0) is 20.3 Å². The Bertz CT molecular complexity index is 532. The Morgan fingerprint density at radius 3 is 2.61 bits per heavy atom. The predicted molar refractivity (Wildman–Crippen MR) is 76.9 cm³/mol. The molecule has 2 aliphatic heterocycles. The predicted octanol–water partition coefficient (Wildman–Crippen LogP) is 1.41. The number of hydrogen-bond donors (Lipinski definition) is 0. The second-order valence-corrected chi connectivity index (χ2v) is 6.60. The fraction of sp³-hybridized carbons (Fsp3) is 0.800. The quantitative estimate of drug-likeness (QED) is 0.334. The van der Waals surface area contributed by atoms with Crippen LogP contribution in [0.5, 0.6) is 0 Å². The number of nitrogens with zero attached hydrogens (tertiary/aromatic N) is 1. The van der Waals surface area contributed by atoms with Gasteiger partial charge in [-0.2, -0.15) is 0 Å². The van der Waals surface area contributed by atoms with Gasteiger partial charge in [0.05, 0.1) is 5.92 Å². The van der Waals surface area contributed by atoms with Crippen LogP contribution in [0, 0.1) is 16.0 Å². The molecule has 6 atom stereocenters. The molecule has 2 saturated heterocycles. The average Bonchev–Trinajstić information content (AvgIpc) is 2.92. The third kappa shape index (κ3) is 3.11. The molecule has 3 aliphatic rings. The number of carbonyl (C=O) groups excluding carboxylic acids is 1. The van der Waals surface area contributed by atoms with Crippen LogP contribution >= 0.6 is 0 Å². The van der Waals surface area contributed by atoms with Crippen LogP contribution in [-0.2, 0) is 23.7 Å².